The van der Waals surface area contributed by atoms with Crippen molar-refractivity contribution in [3.8, 4) is 0 Å². The largest absolute Gasteiger partial charge is 0.339 e. The highest BCUT2D eigenvalue weighted by atomic mass is 32.2. The van der Waals surface area contributed by atoms with Crippen LogP contribution < -0.4 is 0 Å². The Morgan fingerprint density at radius 2 is 1.43 bits per heavy atom. The second kappa shape index (κ2) is 7.04. The van der Waals surface area contributed by atoms with Crippen molar-refractivity contribution in [1.29, 1.82) is 0 Å². The lowest BCUT2D eigenvalue weighted by molar-refractivity contribution is -0.133. The molecule has 0 aromatic rings. The number of carbonyl (C=O) groups excluding carboxylic acids is 2. The third-order valence-electron chi connectivity index (χ3n) is 5.93. The van der Waals surface area contributed by atoms with Crippen molar-refractivity contribution in [3.63, 3.8) is 0 Å². The zero-order chi connectivity index (χ0) is 17.4. The molecular formula is C18H32N2O2S. The molecule has 0 aromatic heterocycles. The Morgan fingerprint density at radius 3 is 1.87 bits per heavy atom. The highest BCUT2D eigenvalue weighted by molar-refractivity contribution is 8.02. The van der Waals surface area contributed by atoms with Crippen LogP contribution in [0.15, 0.2) is 0 Å². The smallest absolute Gasteiger partial charge is 0.238 e. The molecule has 4 nitrogen and oxygen atoms in total. The van der Waals surface area contributed by atoms with Gasteiger partial charge in [-0.25, -0.2) is 0 Å². The van der Waals surface area contributed by atoms with Crippen molar-refractivity contribution in [2.75, 3.05) is 18.8 Å². The fourth-order valence-corrected chi connectivity index (χ4v) is 4.45. The SMILES string of the molecule is CC1CCN(C(=O)CSC(C)(C)C(=O)N2CCC(C)C2C)C1C. The molecule has 4 unspecified atom stereocenters. The number of likely N-dealkylation sites (tertiary alicyclic amines) is 2. The molecule has 0 aromatic carbocycles. The number of amides is 2. The van der Waals surface area contributed by atoms with Crippen molar-refractivity contribution in [3.05, 3.63) is 0 Å². The Hall–Kier alpha value is -0.710. The minimum atomic E-state index is -0.539. The molecule has 132 valence electrons. The van der Waals surface area contributed by atoms with Crippen LogP contribution in [0.25, 0.3) is 0 Å². The topological polar surface area (TPSA) is 40.6 Å². The fraction of sp³-hybridized carbons (Fsp3) is 0.889. The summed E-state index contributed by atoms with van der Waals surface area (Å²) in [7, 11) is 0. The van der Waals surface area contributed by atoms with E-state index < -0.39 is 4.75 Å². The number of hydrogen-bond donors (Lipinski definition) is 0. The lowest BCUT2D eigenvalue weighted by Gasteiger charge is -2.33. The van der Waals surface area contributed by atoms with Crippen molar-refractivity contribution < 1.29 is 9.59 Å². The molecule has 0 N–H and O–H groups in total. The van der Waals surface area contributed by atoms with Gasteiger partial charge in [-0.05, 0) is 52.4 Å². The summed E-state index contributed by atoms with van der Waals surface area (Å²) >= 11 is 1.49. The number of thioether (sulfide) groups is 1. The molecule has 2 aliphatic heterocycles. The number of carbonyl (C=O) groups is 2. The maximum Gasteiger partial charge on any atom is 0.238 e. The van der Waals surface area contributed by atoms with Gasteiger partial charge in [0.25, 0.3) is 0 Å². The summed E-state index contributed by atoms with van der Waals surface area (Å²) in [6.45, 7) is 14.3. The molecule has 2 aliphatic rings. The normalized spacial score (nSPS) is 31.7. The molecule has 4 atom stereocenters. The Kier molecular flexibility index (Phi) is 5.70. The first kappa shape index (κ1) is 18.6. The molecule has 0 aliphatic carbocycles. The first-order valence-electron chi connectivity index (χ1n) is 8.89. The van der Waals surface area contributed by atoms with Crippen LogP contribution in [0.4, 0.5) is 0 Å². The zero-order valence-electron chi connectivity index (χ0n) is 15.5. The average Bonchev–Trinajstić information content (AvgIpc) is 3.00. The first-order valence-corrected chi connectivity index (χ1v) is 9.88. The molecule has 0 bridgehead atoms. The van der Waals surface area contributed by atoms with Crippen molar-refractivity contribution in [2.45, 2.75) is 71.2 Å². The molecule has 2 heterocycles. The molecule has 5 heteroatoms. The molecule has 23 heavy (non-hydrogen) atoms. The van der Waals surface area contributed by atoms with Gasteiger partial charge in [0.2, 0.25) is 11.8 Å². The van der Waals surface area contributed by atoms with E-state index >= 15 is 0 Å². The number of nitrogens with zero attached hydrogens (tertiary/aromatic N) is 2. The van der Waals surface area contributed by atoms with Gasteiger partial charge in [-0.3, -0.25) is 9.59 Å². The van der Waals surface area contributed by atoms with Crippen LogP contribution >= 0.6 is 11.8 Å². The Bertz CT molecular complexity index is 466. The summed E-state index contributed by atoms with van der Waals surface area (Å²) in [5.74, 6) is 1.89. The summed E-state index contributed by atoms with van der Waals surface area (Å²) in [6.07, 6.45) is 2.17. The van der Waals surface area contributed by atoms with E-state index in [1.807, 2.05) is 23.6 Å². The molecule has 0 spiro atoms. The first-order chi connectivity index (χ1) is 10.6. The van der Waals surface area contributed by atoms with Crippen LogP contribution in [0.1, 0.15) is 54.4 Å². The minimum Gasteiger partial charge on any atom is -0.339 e. The van der Waals surface area contributed by atoms with Gasteiger partial charge in [-0.15, -0.1) is 11.8 Å². The van der Waals surface area contributed by atoms with Gasteiger partial charge in [0, 0.05) is 25.2 Å². The molecule has 2 rings (SSSR count). The minimum absolute atomic E-state index is 0.176. The van der Waals surface area contributed by atoms with Crippen LogP contribution in [0.3, 0.4) is 0 Å². The molecule has 2 amide bonds. The summed E-state index contributed by atoms with van der Waals surface area (Å²) in [6, 6.07) is 0.624. The van der Waals surface area contributed by atoms with Gasteiger partial charge in [0.05, 0.1) is 10.5 Å². The Morgan fingerprint density at radius 1 is 0.957 bits per heavy atom. The van der Waals surface area contributed by atoms with E-state index in [1.165, 1.54) is 11.8 Å². The predicted molar refractivity (Wildman–Crippen MR) is 96.4 cm³/mol. The van der Waals surface area contributed by atoms with Gasteiger partial charge in [-0.1, -0.05) is 13.8 Å². The maximum absolute atomic E-state index is 12.9. The van der Waals surface area contributed by atoms with Crippen LogP contribution in [0.2, 0.25) is 0 Å². The monoisotopic (exact) mass is 340 g/mol. The van der Waals surface area contributed by atoms with Crippen molar-refractivity contribution >= 4 is 23.6 Å². The number of rotatable bonds is 4. The second-order valence-corrected chi connectivity index (χ2v) is 9.50. The summed E-state index contributed by atoms with van der Waals surface area (Å²) in [4.78, 5) is 29.3. The summed E-state index contributed by atoms with van der Waals surface area (Å²) < 4.78 is -0.539. The van der Waals surface area contributed by atoms with E-state index in [2.05, 4.69) is 27.7 Å². The second-order valence-electron chi connectivity index (χ2n) is 7.90. The molecule has 2 fully saturated rings. The quantitative estimate of drug-likeness (QED) is 0.790. The third-order valence-corrected chi connectivity index (χ3v) is 7.22. The highest BCUT2D eigenvalue weighted by Crippen LogP contribution is 2.33. The maximum atomic E-state index is 12.9. The lowest BCUT2D eigenvalue weighted by Crippen LogP contribution is -2.46. The van der Waals surface area contributed by atoms with Crippen LogP contribution in [0.5, 0.6) is 0 Å². The molecule has 0 radical (unpaired) electrons. The summed E-state index contributed by atoms with van der Waals surface area (Å²) in [5.41, 5.74) is 0. The van der Waals surface area contributed by atoms with Crippen molar-refractivity contribution in [1.82, 2.24) is 9.80 Å². The molecule has 2 saturated heterocycles. The van der Waals surface area contributed by atoms with E-state index in [0.717, 1.165) is 25.9 Å². The van der Waals surface area contributed by atoms with Crippen LogP contribution in [-0.2, 0) is 9.59 Å². The van der Waals surface area contributed by atoms with Gasteiger partial charge < -0.3 is 9.80 Å². The van der Waals surface area contributed by atoms with E-state index in [-0.39, 0.29) is 11.8 Å². The van der Waals surface area contributed by atoms with Crippen molar-refractivity contribution in [2.24, 2.45) is 11.8 Å². The van der Waals surface area contributed by atoms with Gasteiger partial charge in [0.15, 0.2) is 0 Å². The predicted octanol–water partition coefficient (Wildman–Crippen LogP) is 3.01. The molecule has 0 saturated carbocycles. The van der Waals surface area contributed by atoms with Gasteiger partial charge >= 0.3 is 0 Å². The van der Waals surface area contributed by atoms with E-state index in [0.29, 0.717) is 29.7 Å². The highest BCUT2D eigenvalue weighted by Gasteiger charge is 2.40. The summed E-state index contributed by atoms with van der Waals surface area (Å²) in [5, 5.41) is 0. The van der Waals surface area contributed by atoms with E-state index in [1.54, 1.807) is 0 Å². The van der Waals surface area contributed by atoms with Gasteiger partial charge in [0.1, 0.15) is 0 Å². The van der Waals surface area contributed by atoms with Crippen LogP contribution in [0, 0.1) is 11.8 Å². The standard InChI is InChI=1S/C18H32N2O2S/c1-12-7-9-19(14(12)3)16(21)11-23-18(5,6)17(22)20-10-8-13(2)15(20)4/h12-15H,7-11H2,1-6H3. The fourth-order valence-electron chi connectivity index (χ4n) is 3.56. The Labute approximate surface area is 145 Å². The number of hydrogen-bond acceptors (Lipinski definition) is 3. The molecular weight excluding hydrogens is 308 g/mol. The van der Waals surface area contributed by atoms with E-state index in [4.69, 9.17) is 0 Å². The lowest BCUT2D eigenvalue weighted by atomic mass is 10.0. The van der Waals surface area contributed by atoms with Crippen LogP contribution in [-0.4, -0.2) is 57.3 Å². The third kappa shape index (κ3) is 3.86. The van der Waals surface area contributed by atoms with E-state index in [9.17, 15) is 9.59 Å². The van der Waals surface area contributed by atoms with Gasteiger partial charge in [-0.2, -0.15) is 0 Å². The zero-order valence-corrected chi connectivity index (χ0v) is 16.3. The average molecular weight is 341 g/mol. The Balaban J connectivity index is 1.91.